The molecule has 0 aromatic heterocycles. The van der Waals surface area contributed by atoms with Gasteiger partial charge in [-0.25, -0.2) is 8.42 Å². The van der Waals surface area contributed by atoms with Crippen LogP contribution in [0.25, 0.3) is 0 Å². The zero-order chi connectivity index (χ0) is 10.7. The highest BCUT2D eigenvalue weighted by Crippen LogP contribution is 2.14. The van der Waals surface area contributed by atoms with Crippen LogP contribution in [0.4, 0.5) is 0 Å². The topological polar surface area (TPSA) is 58.2 Å². The van der Waals surface area contributed by atoms with Crippen LogP contribution >= 0.6 is 0 Å². The molecule has 2 N–H and O–H groups in total. The second-order valence-corrected chi connectivity index (χ2v) is 6.87. The van der Waals surface area contributed by atoms with Gasteiger partial charge < -0.3 is 10.6 Å². The Morgan fingerprint density at radius 3 is 2.67 bits per heavy atom. The lowest BCUT2D eigenvalue weighted by Crippen LogP contribution is -2.39. The maximum absolute atomic E-state index is 11.3. The third-order valence-electron chi connectivity index (χ3n) is 3.28. The molecule has 2 heterocycles. The van der Waals surface area contributed by atoms with Crippen LogP contribution in [0.2, 0.25) is 0 Å². The molecule has 0 aromatic carbocycles. The number of rotatable bonds is 2. The van der Waals surface area contributed by atoms with Crippen molar-refractivity contribution in [2.45, 2.75) is 37.8 Å². The summed E-state index contributed by atoms with van der Waals surface area (Å²) >= 11 is 0. The fourth-order valence-electron chi connectivity index (χ4n) is 2.45. The van der Waals surface area contributed by atoms with Crippen LogP contribution in [0.3, 0.4) is 0 Å². The molecule has 5 heteroatoms. The van der Waals surface area contributed by atoms with E-state index in [-0.39, 0.29) is 6.04 Å². The van der Waals surface area contributed by atoms with Crippen LogP contribution in [0.1, 0.15) is 25.7 Å². The number of sulfone groups is 1. The van der Waals surface area contributed by atoms with Crippen LogP contribution < -0.4 is 10.6 Å². The van der Waals surface area contributed by atoms with Gasteiger partial charge in [0, 0.05) is 12.1 Å². The Morgan fingerprint density at radius 2 is 1.93 bits per heavy atom. The van der Waals surface area contributed by atoms with E-state index in [1.807, 2.05) is 0 Å². The first-order valence-corrected chi connectivity index (χ1v) is 7.65. The molecule has 88 valence electrons. The summed E-state index contributed by atoms with van der Waals surface area (Å²) in [6.07, 6.45) is 4.28. The Bertz CT molecular complexity index is 295. The molecule has 0 saturated carbocycles. The summed E-state index contributed by atoms with van der Waals surface area (Å²) in [5, 5.41) is 6.85. The summed E-state index contributed by atoms with van der Waals surface area (Å²) in [7, 11) is -2.73. The van der Waals surface area contributed by atoms with Crippen molar-refractivity contribution in [3.63, 3.8) is 0 Å². The van der Waals surface area contributed by atoms with Crippen LogP contribution in [0.5, 0.6) is 0 Å². The highest BCUT2D eigenvalue weighted by molar-refractivity contribution is 7.91. The first kappa shape index (κ1) is 11.4. The standard InChI is InChI=1S/C10H20N2O2S/c13-15(14)7-4-10(8-15)12-9-2-1-5-11-6-3-9/h9-12H,1-8H2. The fourth-order valence-corrected chi connectivity index (χ4v) is 4.13. The molecule has 0 bridgehead atoms. The highest BCUT2D eigenvalue weighted by atomic mass is 32.2. The van der Waals surface area contributed by atoms with Crippen molar-refractivity contribution < 1.29 is 8.42 Å². The van der Waals surface area contributed by atoms with Crippen molar-refractivity contribution in [1.82, 2.24) is 10.6 Å². The minimum atomic E-state index is -2.73. The van der Waals surface area contributed by atoms with Crippen molar-refractivity contribution in [2.24, 2.45) is 0 Å². The van der Waals surface area contributed by atoms with Crippen LogP contribution in [-0.4, -0.2) is 45.1 Å². The molecule has 2 unspecified atom stereocenters. The van der Waals surface area contributed by atoms with Gasteiger partial charge in [-0.1, -0.05) is 0 Å². The van der Waals surface area contributed by atoms with Crippen molar-refractivity contribution in [3.05, 3.63) is 0 Å². The number of nitrogens with one attached hydrogen (secondary N) is 2. The van der Waals surface area contributed by atoms with E-state index >= 15 is 0 Å². The molecule has 0 aliphatic carbocycles. The summed E-state index contributed by atoms with van der Waals surface area (Å²) in [4.78, 5) is 0. The minimum Gasteiger partial charge on any atom is -0.317 e. The first-order valence-electron chi connectivity index (χ1n) is 5.83. The lowest BCUT2D eigenvalue weighted by Gasteiger charge is -2.20. The largest absolute Gasteiger partial charge is 0.317 e. The fraction of sp³-hybridized carbons (Fsp3) is 1.00. The lowest BCUT2D eigenvalue weighted by atomic mass is 10.1. The third kappa shape index (κ3) is 3.43. The molecular weight excluding hydrogens is 212 g/mol. The average Bonchev–Trinajstić information content (AvgIpc) is 2.41. The summed E-state index contributed by atoms with van der Waals surface area (Å²) in [6, 6.07) is 0.719. The quantitative estimate of drug-likeness (QED) is 0.698. The third-order valence-corrected chi connectivity index (χ3v) is 5.05. The smallest absolute Gasteiger partial charge is 0.151 e. The van der Waals surface area contributed by atoms with E-state index in [1.54, 1.807) is 0 Å². The van der Waals surface area contributed by atoms with E-state index in [0.29, 0.717) is 17.5 Å². The molecule has 2 aliphatic heterocycles. The van der Waals surface area contributed by atoms with Gasteiger partial charge in [0.25, 0.3) is 0 Å². The van der Waals surface area contributed by atoms with E-state index < -0.39 is 9.84 Å². The number of hydrogen-bond acceptors (Lipinski definition) is 4. The van der Waals surface area contributed by atoms with Gasteiger partial charge in [-0.05, 0) is 38.8 Å². The van der Waals surface area contributed by atoms with Gasteiger partial charge in [0.1, 0.15) is 0 Å². The molecule has 0 radical (unpaired) electrons. The predicted molar refractivity (Wildman–Crippen MR) is 60.7 cm³/mol. The van der Waals surface area contributed by atoms with E-state index in [9.17, 15) is 8.42 Å². The molecule has 0 amide bonds. The zero-order valence-electron chi connectivity index (χ0n) is 9.04. The maximum Gasteiger partial charge on any atom is 0.151 e. The molecular formula is C10H20N2O2S. The molecule has 15 heavy (non-hydrogen) atoms. The highest BCUT2D eigenvalue weighted by Gasteiger charge is 2.29. The summed E-state index contributed by atoms with van der Waals surface area (Å²) in [5.41, 5.74) is 0. The van der Waals surface area contributed by atoms with Crippen molar-refractivity contribution in [1.29, 1.82) is 0 Å². The van der Waals surface area contributed by atoms with E-state index in [4.69, 9.17) is 0 Å². The number of hydrogen-bond donors (Lipinski definition) is 2. The van der Waals surface area contributed by atoms with Gasteiger partial charge in [0.15, 0.2) is 9.84 Å². The molecule has 0 spiro atoms. The van der Waals surface area contributed by atoms with E-state index in [2.05, 4.69) is 10.6 Å². The monoisotopic (exact) mass is 232 g/mol. The van der Waals surface area contributed by atoms with E-state index in [0.717, 1.165) is 25.9 Å². The molecule has 2 aliphatic rings. The van der Waals surface area contributed by atoms with Gasteiger partial charge in [-0.3, -0.25) is 0 Å². The molecule has 2 fully saturated rings. The zero-order valence-corrected chi connectivity index (χ0v) is 9.85. The normalized spacial score (nSPS) is 36.3. The van der Waals surface area contributed by atoms with Crippen LogP contribution in [-0.2, 0) is 9.84 Å². The molecule has 2 atom stereocenters. The average molecular weight is 232 g/mol. The van der Waals surface area contributed by atoms with E-state index in [1.165, 1.54) is 12.8 Å². The summed E-state index contributed by atoms with van der Waals surface area (Å²) in [5.74, 6) is 0.715. The second kappa shape index (κ2) is 4.80. The van der Waals surface area contributed by atoms with Gasteiger partial charge >= 0.3 is 0 Å². The Morgan fingerprint density at radius 1 is 1.07 bits per heavy atom. The van der Waals surface area contributed by atoms with Gasteiger partial charge in [0.2, 0.25) is 0 Å². The van der Waals surface area contributed by atoms with Crippen molar-refractivity contribution in [3.8, 4) is 0 Å². The predicted octanol–water partition coefficient (Wildman–Crippen LogP) is -0.0948. The lowest BCUT2D eigenvalue weighted by molar-refractivity contribution is 0.417. The second-order valence-electron chi connectivity index (χ2n) is 4.64. The summed E-state index contributed by atoms with van der Waals surface area (Å²) in [6.45, 7) is 2.15. The molecule has 4 nitrogen and oxygen atoms in total. The van der Waals surface area contributed by atoms with Crippen LogP contribution in [0.15, 0.2) is 0 Å². The Hall–Kier alpha value is -0.130. The first-order chi connectivity index (χ1) is 7.16. The molecule has 2 rings (SSSR count). The van der Waals surface area contributed by atoms with Crippen molar-refractivity contribution in [2.75, 3.05) is 24.6 Å². The van der Waals surface area contributed by atoms with Crippen LogP contribution in [0, 0.1) is 0 Å². The Balaban J connectivity index is 1.81. The SMILES string of the molecule is O=S1(=O)CCC(NC2CCCNCC2)C1. The molecule has 2 saturated heterocycles. The van der Waals surface area contributed by atoms with Gasteiger partial charge in [-0.2, -0.15) is 0 Å². The minimum absolute atomic E-state index is 0.207. The maximum atomic E-state index is 11.3. The van der Waals surface area contributed by atoms with Gasteiger partial charge in [-0.15, -0.1) is 0 Å². The van der Waals surface area contributed by atoms with Gasteiger partial charge in [0.05, 0.1) is 11.5 Å². The Kier molecular flexibility index (Phi) is 3.64. The Labute approximate surface area is 91.7 Å². The van der Waals surface area contributed by atoms with Crippen molar-refractivity contribution >= 4 is 9.84 Å². The summed E-state index contributed by atoms with van der Waals surface area (Å²) < 4.78 is 22.6. The molecule has 0 aromatic rings.